The van der Waals surface area contributed by atoms with Crippen molar-refractivity contribution in [3.05, 3.63) is 84.1 Å². The largest absolute Gasteiger partial charge is 0.457 e. The van der Waals surface area contributed by atoms with E-state index in [0.717, 1.165) is 0 Å². The summed E-state index contributed by atoms with van der Waals surface area (Å²) in [6, 6.07) is 13.0. The van der Waals surface area contributed by atoms with Gasteiger partial charge in [-0.25, -0.2) is 10.2 Å². The number of nitrogens with zero attached hydrogens (tertiary/aromatic N) is 2. The number of hydrazone groups is 1. The molecule has 25 heavy (non-hydrogen) atoms. The number of hydrogen-bond donors (Lipinski definition) is 1. The molecule has 7 nitrogen and oxygen atoms in total. The molecule has 0 unspecified atom stereocenters. The van der Waals surface area contributed by atoms with E-state index in [1.807, 2.05) is 0 Å². The van der Waals surface area contributed by atoms with Crippen LogP contribution in [-0.4, -0.2) is 23.1 Å². The van der Waals surface area contributed by atoms with Crippen LogP contribution in [-0.2, 0) is 0 Å². The van der Waals surface area contributed by atoms with Gasteiger partial charge in [0.05, 0.1) is 12.5 Å². The van der Waals surface area contributed by atoms with Crippen molar-refractivity contribution in [1.82, 2.24) is 10.4 Å². The highest BCUT2D eigenvalue weighted by Gasteiger charge is 2.11. The van der Waals surface area contributed by atoms with Crippen molar-refractivity contribution in [2.24, 2.45) is 5.10 Å². The molecule has 2 heterocycles. The van der Waals surface area contributed by atoms with E-state index in [-0.39, 0.29) is 11.7 Å². The van der Waals surface area contributed by atoms with Gasteiger partial charge in [0.25, 0.3) is 5.91 Å². The van der Waals surface area contributed by atoms with Gasteiger partial charge in [-0.3, -0.25) is 9.78 Å². The molecule has 0 bridgehead atoms. The summed E-state index contributed by atoms with van der Waals surface area (Å²) in [5.41, 5.74) is 3.51. The van der Waals surface area contributed by atoms with Crippen LogP contribution in [0.3, 0.4) is 0 Å². The maximum absolute atomic E-state index is 11.8. The summed E-state index contributed by atoms with van der Waals surface area (Å²) in [6.45, 7) is 0. The number of carbonyl (C=O) groups excluding carboxylic acids is 2. The lowest BCUT2D eigenvalue weighted by Crippen LogP contribution is -2.17. The molecular weight excluding hydrogens is 322 g/mol. The molecule has 1 N–H and O–H groups in total. The maximum Gasteiger partial charge on any atom is 0.379 e. The van der Waals surface area contributed by atoms with Crippen molar-refractivity contribution in [1.29, 1.82) is 0 Å². The molecule has 124 valence electrons. The number of aromatic nitrogens is 1. The predicted molar refractivity (Wildman–Crippen MR) is 89.4 cm³/mol. The molecule has 0 saturated heterocycles. The minimum absolute atomic E-state index is 0.115. The Morgan fingerprint density at radius 2 is 1.96 bits per heavy atom. The molecule has 1 amide bonds. The Morgan fingerprint density at radius 3 is 2.72 bits per heavy atom. The molecule has 3 rings (SSSR count). The fourth-order valence-corrected chi connectivity index (χ4v) is 1.94. The average Bonchev–Trinajstić information content (AvgIpc) is 3.17. The van der Waals surface area contributed by atoms with E-state index in [0.29, 0.717) is 16.9 Å². The standard InChI is InChI=1S/C18H13N3O4/c22-17(14-6-8-19-9-7-14)21-20-12-13-3-1-4-15(11-13)25-18(23)16-5-2-10-24-16/h1-12H,(H,21,22)/b20-12+. The van der Waals surface area contributed by atoms with E-state index in [2.05, 4.69) is 15.5 Å². The van der Waals surface area contributed by atoms with Gasteiger partial charge < -0.3 is 9.15 Å². The van der Waals surface area contributed by atoms with Gasteiger partial charge in [0.2, 0.25) is 5.76 Å². The summed E-state index contributed by atoms with van der Waals surface area (Å²) in [6.07, 6.45) is 5.89. The molecule has 2 aromatic heterocycles. The quantitative estimate of drug-likeness (QED) is 0.335. The molecule has 0 atom stereocenters. The number of amides is 1. The van der Waals surface area contributed by atoms with Crippen LogP contribution < -0.4 is 10.2 Å². The van der Waals surface area contributed by atoms with E-state index >= 15 is 0 Å². The molecule has 0 fully saturated rings. The monoisotopic (exact) mass is 335 g/mol. The topological polar surface area (TPSA) is 93.8 Å². The molecule has 0 radical (unpaired) electrons. The Labute approximate surface area is 143 Å². The molecule has 0 spiro atoms. The summed E-state index contributed by atoms with van der Waals surface area (Å²) < 4.78 is 10.2. The zero-order valence-corrected chi connectivity index (χ0v) is 13.0. The second-order valence-electron chi connectivity index (χ2n) is 4.87. The van der Waals surface area contributed by atoms with Gasteiger partial charge in [-0.05, 0) is 42.0 Å². The fourth-order valence-electron chi connectivity index (χ4n) is 1.94. The van der Waals surface area contributed by atoms with Gasteiger partial charge >= 0.3 is 5.97 Å². The van der Waals surface area contributed by atoms with Crippen LogP contribution in [0, 0.1) is 0 Å². The molecule has 0 aliphatic carbocycles. The number of ether oxygens (including phenoxy) is 1. The first kappa shape index (κ1) is 16.1. The van der Waals surface area contributed by atoms with Gasteiger partial charge in [-0.2, -0.15) is 5.10 Å². The van der Waals surface area contributed by atoms with Gasteiger partial charge in [0, 0.05) is 18.0 Å². The number of hydrogen-bond acceptors (Lipinski definition) is 6. The number of esters is 1. The van der Waals surface area contributed by atoms with Crippen LogP contribution in [0.2, 0.25) is 0 Å². The van der Waals surface area contributed by atoms with Crippen LogP contribution >= 0.6 is 0 Å². The van der Waals surface area contributed by atoms with Crippen molar-refractivity contribution in [2.75, 3.05) is 0 Å². The lowest BCUT2D eigenvalue weighted by molar-refractivity contribution is 0.0701. The SMILES string of the molecule is O=C(N/N=C/c1cccc(OC(=O)c2ccco2)c1)c1ccncc1. The minimum Gasteiger partial charge on any atom is -0.457 e. The van der Waals surface area contributed by atoms with E-state index < -0.39 is 5.97 Å². The smallest absolute Gasteiger partial charge is 0.379 e. The molecule has 0 aliphatic heterocycles. The third-order valence-electron chi connectivity index (χ3n) is 3.11. The lowest BCUT2D eigenvalue weighted by Gasteiger charge is -2.03. The van der Waals surface area contributed by atoms with Crippen molar-refractivity contribution >= 4 is 18.1 Å². The Balaban J connectivity index is 1.61. The summed E-state index contributed by atoms with van der Waals surface area (Å²) >= 11 is 0. The number of carbonyl (C=O) groups is 2. The molecule has 1 aromatic carbocycles. The number of nitrogens with one attached hydrogen (secondary N) is 1. The molecule has 3 aromatic rings. The highest BCUT2D eigenvalue weighted by molar-refractivity contribution is 5.94. The van der Waals surface area contributed by atoms with Crippen molar-refractivity contribution in [2.45, 2.75) is 0 Å². The highest BCUT2D eigenvalue weighted by Crippen LogP contribution is 2.14. The van der Waals surface area contributed by atoms with Gasteiger partial charge in [-0.1, -0.05) is 12.1 Å². The number of furan rings is 1. The van der Waals surface area contributed by atoms with Crippen molar-refractivity contribution < 1.29 is 18.7 Å². The first-order valence-corrected chi connectivity index (χ1v) is 7.31. The average molecular weight is 335 g/mol. The molecule has 7 heteroatoms. The first-order valence-electron chi connectivity index (χ1n) is 7.31. The molecule has 0 aliphatic rings. The summed E-state index contributed by atoms with van der Waals surface area (Å²) in [5.74, 6) is -0.487. The Bertz CT molecular complexity index is 890. The van der Waals surface area contributed by atoms with E-state index in [4.69, 9.17) is 9.15 Å². The fraction of sp³-hybridized carbons (Fsp3) is 0. The Kier molecular flexibility index (Phi) is 4.96. The van der Waals surface area contributed by atoms with Crippen LogP contribution in [0.4, 0.5) is 0 Å². The highest BCUT2D eigenvalue weighted by atomic mass is 16.5. The normalized spacial score (nSPS) is 10.6. The summed E-state index contributed by atoms with van der Waals surface area (Å²) in [4.78, 5) is 27.5. The number of benzene rings is 1. The third kappa shape index (κ3) is 4.38. The Morgan fingerprint density at radius 1 is 1.12 bits per heavy atom. The van der Waals surface area contributed by atoms with E-state index in [9.17, 15) is 9.59 Å². The van der Waals surface area contributed by atoms with Crippen molar-refractivity contribution in [3.63, 3.8) is 0 Å². The van der Waals surface area contributed by atoms with Crippen LogP contribution in [0.1, 0.15) is 26.5 Å². The van der Waals surface area contributed by atoms with Crippen molar-refractivity contribution in [3.8, 4) is 5.75 Å². The molecule has 0 saturated carbocycles. The number of rotatable bonds is 5. The zero-order valence-electron chi connectivity index (χ0n) is 13.0. The minimum atomic E-state index is -0.593. The van der Waals surface area contributed by atoms with Crippen LogP contribution in [0.25, 0.3) is 0 Å². The second-order valence-corrected chi connectivity index (χ2v) is 4.87. The predicted octanol–water partition coefficient (Wildman–Crippen LogP) is 2.66. The maximum atomic E-state index is 11.8. The summed E-state index contributed by atoms with van der Waals surface area (Å²) in [5, 5.41) is 3.88. The lowest BCUT2D eigenvalue weighted by atomic mass is 10.2. The van der Waals surface area contributed by atoms with Gasteiger partial charge in [0.1, 0.15) is 5.75 Å². The zero-order chi connectivity index (χ0) is 17.5. The third-order valence-corrected chi connectivity index (χ3v) is 3.11. The second kappa shape index (κ2) is 7.69. The molecular formula is C18H13N3O4. The van der Waals surface area contributed by atoms with Gasteiger partial charge in [-0.15, -0.1) is 0 Å². The van der Waals surface area contributed by atoms with Crippen LogP contribution in [0.5, 0.6) is 5.75 Å². The summed E-state index contributed by atoms with van der Waals surface area (Å²) in [7, 11) is 0. The first-order chi connectivity index (χ1) is 12.2. The van der Waals surface area contributed by atoms with Crippen LogP contribution in [0.15, 0.2) is 76.7 Å². The Hall–Kier alpha value is -3.74. The number of pyridine rings is 1. The van der Waals surface area contributed by atoms with E-state index in [1.165, 1.54) is 30.9 Å². The van der Waals surface area contributed by atoms with E-state index in [1.54, 1.807) is 42.5 Å². The van der Waals surface area contributed by atoms with Gasteiger partial charge in [0.15, 0.2) is 0 Å².